The molecule has 1 aliphatic carbocycles. The summed E-state index contributed by atoms with van der Waals surface area (Å²) < 4.78 is 13.4. The molecule has 0 amide bonds. The monoisotopic (exact) mass is 335 g/mol. The van der Waals surface area contributed by atoms with E-state index >= 15 is 0 Å². The summed E-state index contributed by atoms with van der Waals surface area (Å²) in [5, 5.41) is 3.54. The number of Topliss-reactive ketones (excluding diaryl/α,β-unsaturated/α-hetero) is 1. The average Bonchev–Trinajstić information content (AvgIpc) is 2.70. The molecule has 2 aromatic rings. The average molecular weight is 335 g/mol. The smallest absolute Gasteiger partial charge is 0.161 e. The second-order valence-electron chi connectivity index (χ2n) is 7.92. The van der Waals surface area contributed by atoms with Crippen LogP contribution in [-0.2, 0) is 11.2 Å². The molecule has 2 aromatic carbocycles. The molecule has 128 valence electrons. The normalized spacial score (nSPS) is 21.9. The van der Waals surface area contributed by atoms with E-state index in [1.165, 1.54) is 17.7 Å². The first-order valence-corrected chi connectivity index (χ1v) is 8.80. The van der Waals surface area contributed by atoms with E-state index in [-0.39, 0.29) is 22.9 Å². The van der Waals surface area contributed by atoms with Crippen LogP contribution in [0, 0.1) is 11.2 Å². The first-order chi connectivity index (χ1) is 11.9. The van der Waals surface area contributed by atoms with Gasteiger partial charge in [-0.1, -0.05) is 44.2 Å². The van der Waals surface area contributed by atoms with Gasteiger partial charge in [-0.25, -0.2) is 4.39 Å². The van der Waals surface area contributed by atoms with Crippen LogP contribution < -0.4 is 5.32 Å². The van der Waals surface area contributed by atoms with Gasteiger partial charge in [-0.2, -0.15) is 0 Å². The van der Waals surface area contributed by atoms with E-state index in [4.69, 9.17) is 0 Å². The lowest BCUT2D eigenvalue weighted by Crippen LogP contribution is -2.30. The Labute approximate surface area is 147 Å². The van der Waals surface area contributed by atoms with Gasteiger partial charge in [0.05, 0.1) is 0 Å². The Kier molecular flexibility index (Phi) is 3.75. The van der Waals surface area contributed by atoms with E-state index < -0.39 is 0 Å². The summed E-state index contributed by atoms with van der Waals surface area (Å²) in [5.74, 6) is -0.0718. The summed E-state index contributed by atoms with van der Waals surface area (Å²) in [5.41, 5.74) is 5.13. The molecule has 1 aliphatic heterocycles. The lowest BCUT2D eigenvalue weighted by Gasteiger charge is -2.34. The molecular formula is C22H22FNO. The molecule has 0 radical (unpaired) electrons. The molecule has 0 saturated heterocycles. The van der Waals surface area contributed by atoms with Gasteiger partial charge < -0.3 is 5.32 Å². The second-order valence-corrected chi connectivity index (χ2v) is 7.92. The van der Waals surface area contributed by atoms with Gasteiger partial charge in [-0.05, 0) is 47.6 Å². The van der Waals surface area contributed by atoms with Gasteiger partial charge in [0.1, 0.15) is 5.82 Å². The third-order valence-corrected chi connectivity index (χ3v) is 5.27. The molecule has 1 N–H and O–H groups in total. The largest absolute Gasteiger partial charge is 0.358 e. The van der Waals surface area contributed by atoms with E-state index in [0.717, 1.165) is 35.4 Å². The van der Waals surface area contributed by atoms with E-state index in [0.29, 0.717) is 6.42 Å². The Bertz CT molecular complexity index is 864. The topological polar surface area (TPSA) is 29.1 Å². The number of rotatable bonds is 1. The van der Waals surface area contributed by atoms with Crippen molar-refractivity contribution in [3.8, 4) is 0 Å². The van der Waals surface area contributed by atoms with Crippen LogP contribution in [-0.4, -0.2) is 5.78 Å². The number of nitrogens with one attached hydrogen (secondary N) is 1. The second kappa shape index (κ2) is 5.83. The van der Waals surface area contributed by atoms with Crippen molar-refractivity contribution in [2.45, 2.75) is 39.0 Å². The number of anilines is 1. The summed E-state index contributed by atoms with van der Waals surface area (Å²) in [7, 11) is 0. The lowest BCUT2D eigenvalue weighted by molar-refractivity contribution is -0.118. The number of carbonyl (C=O) groups excluding carboxylic acids is 1. The quantitative estimate of drug-likeness (QED) is 0.774. The van der Waals surface area contributed by atoms with Crippen LogP contribution in [0.25, 0.3) is 0 Å². The number of carbonyl (C=O) groups is 1. The molecule has 0 saturated carbocycles. The summed E-state index contributed by atoms with van der Waals surface area (Å²) >= 11 is 0. The molecular weight excluding hydrogens is 313 g/mol. The van der Waals surface area contributed by atoms with Gasteiger partial charge in [-0.3, -0.25) is 4.79 Å². The highest BCUT2D eigenvalue weighted by molar-refractivity contribution is 6.00. The summed E-state index contributed by atoms with van der Waals surface area (Å²) in [6, 6.07) is 14.8. The van der Waals surface area contributed by atoms with Gasteiger partial charge in [-0.15, -0.1) is 0 Å². The number of para-hydroxylation sites is 1. The van der Waals surface area contributed by atoms with E-state index in [9.17, 15) is 9.18 Å². The third kappa shape index (κ3) is 2.99. The highest BCUT2D eigenvalue weighted by Gasteiger charge is 2.38. The lowest BCUT2D eigenvalue weighted by atomic mass is 9.71. The minimum Gasteiger partial charge on any atom is -0.358 e. The summed E-state index contributed by atoms with van der Waals surface area (Å²) in [6.07, 6.45) is 2.15. The maximum Gasteiger partial charge on any atom is 0.161 e. The number of halogens is 1. The van der Waals surface area contributed by atoms with Crippen molar-refractivity contribution in [3.05, 3.63) is 76.7 Å². The van der Waals surface area contributed by atoms with Crippen LogP contribution in [0.5, 0.6) is 0 Å². The molecule has 0 spiro atoms. The Balaban J connectivity index is 1.88. The van der Waals surface area contributed by atoms with E-state index in [1.807, 2.05) is 24.3 Å². The summed E-state index contributed by atoms with van der Waals surface area (Å²) in [4.78, 5) is 13.0. The molecule has 2 aliphatic rings. The van der Waals surface area contributed by atoms with Crippen LogP contribution in [0.2, 0.25) is 0 Å². The standard InChI is InChI=1S/C22H22FNO/c1-22(2)12-19-21(20(25)13-22)17(14-7-9-16(23)10-8-14)11-15-5-3-4-6-18(15)24-19/h3-10,17,24H,11-13H2,1-2H3. The zero-order valence-corrected chi connectivity index (χ0v) is 14.6. The SMILES string of the molecule is CC1(C)CC(=O)C2=C(C1)Nc1ccccc1CC2c1ccc(F)cc1. The Morgan fingerprint density at radius 3 is 2.52 bits per heavy atom. The van der Waals surface area contributed by atoms with Crippen LogP contribution in [0.15, 0.2) is 59.8 Å². The molecule has 1 heterocycles. The number of hydrogen-bond donors (Lipinski definition) is 1. The van der Waals surface area contributed by atoms with Crippen molar-refractivity contribution in [2.75, 3.05) is 5.32 Å². The van der Waals surface area contributed by atoms with Crippen LogP contribution in [0.4, 0.5) is 10.1 Å². The maximum absolute atomic E-state index is 13.4. The fourth-order valence-corrected chi connectivity index (χ4v) is 4.14. The fourth-order valence-electron chi connectivity index (χ4n) is 4.14. The van der Waals surface area contributed by atoms with Crippen molar-refractivity contribution in [1.29, 1.82) is 0 Å². The van der Waals surface area contributed by atoms with Crippen LogP contribution in [0.3, 0.4) is 0 Å². The Morgan fingerprint density at radius 1 is 1.04 bits per heavy atom. The van der Waals surface area contributed by atoms with Crippen molar-refractivity contribution >= 4 is 11.5 Å². The Hall–Kier alpha value is -2.42. The molecule has 3 heteroatoms. The van der Waals surface area contributed by atoms with Crippen LogP contribution >= 0.6 is 0 Å². The van der Waals surface area contributed by atoms with Gasteiger partial charge in [0.25, 0.3) is 0 Å². The van der Waals surface area contributed by atoms with Crippen molar-refractivity contribution < 1.29 is 9.18 Å². The first kappa shape index (κ1) is 16.1. The minimum atomic E-state index is -0.249. The molecule has 0 fully saturated rings. The van der Waals surface area contributed by atoms with Crippen molar-refractivity contribution in [1.82, 2.24) is 0 Å². The van der Waals surface area contributed by atoms with Crippen LogP contribution in [0.1, 0.15) is 43.7 Å². The highest BCUT2D eigenvalue weighted by atomic mass is 19.1. The number of benzene rings is 2. The number of hydrogen-bond acceptors (Lipinski definition) is 2. The Morgan fingerprint density at radius 2 is 1.76 bits per heavy atom. The first-order valence-electron chi connectivity index (χ1n) is 8.80. The van der Waals surface area contributed by atoms with Gasteiger partial charge in [0.2, 0.25) is 0 Å². The zero-order valence-electron chi connectivity index (χ0n) is 14.6. The third-order valence-electron chi connectivity index (χ3n) is 5.27. The summed E-state index contributed by atoms with van der Waals surface area (Å²) in [6.45, 7) is 4.28. The van der Waals surface area contributed by atoms with Crippen molar-refractivity contribution in [3.63, 3.8) is 0 Å². The molecule has 1 atom stereocenters. The number of fused-ring (bicyclic) bond motifs is 1. The predicted octanol–water partition coefficient (Wildman–Crippen LogP) is 5.22. The zero-order chi connectivity index (χ0) is 17.6. The maximum atomic E-state index is 13.4. The minimum absolute atomic E-state index is 0.0321. The van der Waals surface area contributed by atoms with Gasteiger partial charge >= 0.3 is 0 Å². The molecule has 25 heavy (non-hydrogen) atoms. The van der Waals surface area contributed by atoms with Gasteiger partial charge in [0, 0.05) is 29.3 Å². The van der Waals surface area contributed by atoms with Gasteiger partial charge in [0.15, 0.2) is 5.78 Å². The van der Waals surface area contributed by atoms with E-state index in [1.54, 1.807) is 0 Å². The number of ketones is 1. The molecule has 2 nitrogen and oxygen atoms in total. The predicted molar refractivity (Wildman–Crippen MR) is 98.0 cm³/mol. The molecule has 4 rings (SSSR count). The molecule has 0 bridgehead atoms. The fraction of sp³-hybridized carbons (Fsp3) is 0.318. The molecule has 0 aromatic heterocycles. The number of allylic oxidation sites excluding steroid dienone is 2. The highest BCUT2D eigenvalue weighted by Crippen LogP contribution is 2.45. The van der Waals surface area contributed by atoms with E-state index in [2.05, 4.69) is 31.3 Å². The van der Waals surface area contributed by atoms with Crippen molar-refractivity contribution in [2.24, 2.45) is 5.41 Å². The molecule has 1 unspecified atom stereocenters.